The zero-order valence-corrected chi connectivity index (χ0v) is 12.6. The Labute approximate surface area is 128 Å². The molecule has 0 atom stereocenters. The number of rotatable bonds is 2. The highest BCUT2D eigenvalue weighted by Crippen LogP contribution is 2.24. The van der Waals surface area contributed by atoms with Crippen LogP contribution in [0.3, 0.4) is 0 Å². The van der Waals surface area contributed by atoms with Crippen molar-refractivity contribution < 1.29 is 0 Å². The third kappa shape index (κ3) is 2.32. The van der Waals surface area contributed by atoms with Crippen molar-refractivity contribution in [2.24, 2.45) is 0 Å². The van der Waals surface area contributed by atoms with Crippen LogP contribution in [0.1, 0.15) is 0 Å². The molecule has 20 heavy (non-hydrogen) atoms. The van der Waals surface area contributed by atoms with Crippen LogP contribution in [0, 0.1) is 0 Å². The van der Waals surface area contributed by atoms with Crippen molar-refractivity contribution in [3.8, 4) is 16.9 Å². The lowest BCUT2D eigenvalue weighted by molar-refractivity contribution is 0.852. The first-order chi connectivity index (χ1) is 9.66. The van der Waals surface area contributed by atoms with Gasteiger partial charge in [-0.25, -0.2) is 4.68 Å². The Hall–Kier alpha value is -1.78. The van der Waals surface area contributed by atoms with Crippen LogP contribution < -0.4 is 5.56 Å². The molecule has 0 amide bonds. The van der Waals surface area contributed by atoms with Crippen LogP contribution in [-0.4, -0.2) is 9.78 Å². The van der Waals surface area contributed by atoms with E-state index in [9.17, 15) is 4.79 Å². The molecule has 0 aliphatic rings. The fourth-order valence-corrected chi connectivity index (χ4v) is 2.69. The molecule has 0 aliphatic heterocycles. The van der Waals surface area contributed by atoms with Gasteiger partial charge < -0.3 is 0 Å². The molecule has 0 bridgehead atoms. The number of H-pyrrole nitrogens is 1. The van der Waals surface area contributed by atoms with Crippen LogP contribution >= 0.6 is 27.5 Å². The average molecular weight is 350 g/mol. The Kier molecular flexibility index (Phi) is 3.51. The van der Waals surface area contributed by atoms with Gasteiger partial charge in [0, 0.05) is 10.6 Å². The summed E-state index contributed by atoms with van der Waals surface area (Å²) >= 11 is 9.33. The smallest absolute Gasteiger partial charge is 0.286 e. The second-order valence-corrected chi connectivity index (χ2v) is 5.52. The molecular formula is C15H10BrClN2O. The number of benzene rings is 2. The predicted molar refractivity (Wildman–Crippen MR) is 84.5 cm³/mol. The maximum absolute atomic E-state index is 12.3. The highest BCUT2D eigenvalue weighted by atomic mass is 79.9. The van der Waals surface area contributed by atoms with Crippen LogP contribution in [0.4, 0.5) is 0 Å². The fraction of sp³-hybridized carbons (Fsp3) is 0. The lowest BCUT2D eigenvalue weighted by atomic mass is 10.2. The molecule has 1 heterocycles. The summed E-state index contributed by atoms with van der Waals surface area (Å²) in [5.74, 6) is 0. The molecular weight excluding hydrogens is 340 g/mol. The Bertz CT molecular complexity index is 808. The van der Waals surface area contributed by atoms with Crippen molar-refractivity contribution in [2.75, 3.05) is 0 Å². The summed E-state index contributed by atoms with van der Waals surface area (Å²) in [6.45, 7) is 0. The summed E-state index contributed by atoms with van der Waals surface area (Å²) in [4.78, 5) is 12.3. The van der Waals surface area contributed by atoms with E-state index in [0.29, 0.717) is 15.2 Å². The number of hydrogen-bond donors (Lipinski definition) is 1. The largest absolute Gasteiger partial charge is 0.289 e. The molecule has 0 fully saturated rings. The van der Waals surface area contributed by atoms with E-state index in [2.05, 4.69) is 21.0 Å². The maximum atomic E-state index is 12.3. The molecule has 0 spiro atoms. The SMILES string of the molecule is O=c1c(Br)c(-c2ccccc2)[nH]n1-c1cccc(Cl)c1. The van der Waals surface area contributed by atoms with Gasteiger partial charge in [-0.15, -0.1) is 0 Å². The topological polar surface area (TPSA) is 37.8 Å². The molecule has 1 N–H and O–H groups in total. The second kappa shape index (κ2) is 5.31. The first-order valence-electron chi connectivity index (χ1n) is 5.98. The summed E-state index contributed by atoms with van der Waals surface area (Å²) in [6, 6.07) is 16.8. The summed E-state index contributed by atoms with van der Waals surface area (Å²) < 4.78 is 1.97. The quantitative estimate of drug-likeness (QED) is 0.738. The average Bonchev–Trinajstić information content (AvgIpc) is 2.76. The van der Waals surface area contributed by atoms with Crippen molar-refractivity contribution in [1.82, 2.24) is 9.78 Å². The zero-order valence-electron chi connectivity index (χ0n) is 10.3. The number of nitrogens with zero attached hydrogens (tertiary/aromatic N) is 1. The number of nitrogens with one attached hydrogen (secondary N) is 1. The zero-order chi connectivity index (χ0) is 14.1. The normalized spacial score (nSPS) is 10.7. The highest BCUT2D eigenvalue weighted by Gasteiger charge is 2.14. The van der Waals surface area contributed by atoms with Gasteiger partial charge in [-0.2, -0.15) is 0 Å². The summed E-state index contributed by atoms with van der Waals surface area (Å²) in [6.07, 6.45) is 0. The molecule has 3 aromatic rings. The second-order valence-electron chi connectivity index (χ2n) is 4.29. The van der Waals surface area contributed by atoms with E-state index >= 15 is 0 Å². The van der Waals surface area contributed by atoms with Gasteiger partial charge in [-0.05, 0) is 34.1 Å². The Balaban J connectivity index is 2.18. The number of hydrogen-bond acceptors (Lipinski definition) is 1. The summed E-state index contributed by atoms with van der Waals surface area (Å²) in [5.41, 5.74) is 2.24. The molecule has 3 rings (SSSR count). The third-order valence-electron chi connectivity index (χ3n) is 2.96. The van der Waals surface area contributed by atoms with E-state index in [1.165, 1.54) is 4.68 Å². The van der Waals surface area contributed by atoms with Crippen LogP contribution in [0.2, 0.25) is 5.02 Å². The van der Waals surface area contributed by atoms with E-state index in [1.54, 1.807) is 18.2 Å². The van der Waals surface area contributed by atoms with Crippen molar-refractivity contribution in [3.05, 3.63) is 74.4 Å². The Morgan fingerprint density at radius 1 is 1.05 bits per heavy atom. The molecule has 0 saturated carbocycles. The van der Waals surface area contributed by atoms with Gasteiger partial charge in [0.2, 0.25) is 0 Å². The fourth-order valence-electron chi connectivity index (χ4n) is 2.01. The molecule has 0 radical (unpaired) electrons. The minimum atomic E-state index is -0.147. The molecule has 2 aromatic carbocycles. The first-order valence-corrected chi connectivity index (χ1v) is 7.16. The monoisotopic (exact) mass is 348 g/mol. The maximum Gasteiger partial charge on any atom is 0.286 e. The lowest BCUT2D eigenvalue weighted by Crippen LogP contribution is -2.14. The van der Waals surface area contributed by atoms with Crippen molar-refractivity contribution in [1.29, 1.82) is 0 Å². The molecule has 5 heteroatoms. The van der Waals surface area contributed by atoms with E-state index in [4.69, 9.17) is 11.6 Å². The Morgan fingerprint density at radius 3 is 2.50 bits per heavy atom. The van der Waals surface area contributed by atoms with Crippen LogP contribution in [-0.2, 0) is 0 Å². The molecule has 3 nitrogen and oxygen atoms in total. The molecule has 0 saturated heterocycles. The first kappa shape index (κ1) is 13.2. The van der Waals surface area contributed by atoms with E-state index in [1.807, 2.05) is 36.4 Å². The molecule has 0 unspecified atom stereocenters. The molecule has 1 aromatic heterocycles. The van der Waals surface area contributed by atoms with E-state index < -0.39 is 0 Å². The van der Waals surface area contributed by atoms with E-state index in [0.717, 1.165) is 11.3 Å². The lowest BCUT2D eigenvalue weighted by Gasteiger charge is -2.02. The van der Waals surface area contributed by atoms with Crippen molar-refractivity contribution >= 4 is 27.5 Å². The minimum Gasteiger partial charge on any atom is -0.289 e. The van der Waals surface area contributed by atoms with Crippen LogP contribution in [0.25, 0.3) is 16.9 Å². The van der Waals surface area contributed by atoms with Gasteiger partial charge in [0.05, 0.1) is 11.4 Å². The Morgan fingerprint density at radius 2 is 1.80 bits per heavy atom. The number of aromatic amines is 1. The van der Waals surface area contributed by atoms with Crippen LogP contribution in [0.5, 0.6) is 0 Å². The third-order valence-corrected chi connectivity index (χ3v) is 3.93. The van der Waals surface area contributed by atoms with Crippen LogP contribution in [0.15, 0.2) is 63.9 Å². The number of halogens is 2. The van der Waals surface area contributed by atoms with Gasteiger partial charge in [0.1, 0.15) is 4.47 Å². The van der Waals surface area contributed by atoms with Crippen molar-refractivity contribution in [2.45, 2.75) is 0 Å². The van der Waals surface area contributed by atoms with E-state index in [-0.39, 0.29) is 5.56 Å². The predicted octanol–water partition coefficient (Wildman–Crippen LogP) is 4.25. The van der Waals surface area contributed by atoms with Gasteiger partial charge in [-0.3, -0.25) is 9.89 Å². The van der Waals surface area contributed by atoms with Gasteiger partial charge in [-0.1, -0.05) is 48.0 Å². The highest BCUT2D eigenvalue weighted by molar-refractivity contribution is 9.10. The standard InChI is InChI=1S/C15H10BrClN2O/c16-13-14(10-5-2-1-3-6-10)18-19(15(13)20)12-8-4-7-11(17)9-12/h1-9,18H. The summed E-state index contributed by atoms with van der Waals surface area (Å²) in [7, 11) is 0. The molecule has 100 valence electrons. The minimum absolute atomic E-state index is 0.147. The van der Waals surface area contributed by atoms with Crippen molar-refractivity contribution in [3.63, 3.8) is 0 Å². The van der Waals surface area contributed by atoms with Gasteiger partial charge in [0.25, 0.3) is 5.56 Å². The summed E-state index contributed by atoms with van der Waals surface area (Å²) in [5, 5.41) is 3.69. The molecule has 0 aliphatic carbocycles. The van der Waals surface area contributed by atoms with Gasteiger partial charge in [0.15, 0.2) is 0 Å². The number of aromatic nitrogens is 2. The van der Waals surface area contributed by atoms with Gasteiger partial charge >= 0.3 is 0 Å².